The van der Waals surface area contributed by atoms with Crippen LogP contribution in [-0.2, 0) is 34.5 Å². The number of rotatable bonds is 6. The summed E-state index contributed by atoms with van der Waals surface area (Å²) in [6, 6.07) is 3.37. The van der Waals surface area contributed by atoms with Crippen LogP contribution in [0.3, 0.4) is 0 Å². The van der Waals surface area contributed by atoms with E-state index in [0.717, 1.165) is 19.3 Å². The van der Waals surface area contributed by atoms with Crippen LogP contribution in [-0.4, -0.2) is 49.9 Å². The summed E-state index contributed by atoms with van der Waals surface area (Å²) in [5.41, 5.74) is 2.12. The number of pyridine rings is 1. The number of nitrogens with zero attached hydrogens (tertiary/aromatic N) is 4. The number of ether oxygens (including phenoxy) is 2. The van der Waals surface area contributed by atoms with Crippen LogP contribution >= 0.6 is 0 Å². The minimum atomic E-state index is -0.462. The molecule has 2 aromatic rings. The van der Waals surface area contributed by atoms with Crippen molar-refractivity contribution in [1.82, 2.24) is 19.7 Å². The molecule has 1 aliphatic carbocycles. The molecule has 1 amide bonds. The van der Waals surface area contributed by atoms with Crippen LogP contribution in [0.25, 0.3) is 11.3 Å². The summed E-state index contributed by atoms with van der Waals surface area (Å²) in [6.07, 6.45) is 4.39. The van der Waals surface area contributed by atoms with Gasteiger partial charge in [-0.1, -0.05) is 0 Å². The summed E-state index contributed by atoms with van der Waals surface area (Å²) >= 11 is 0. The number of aromatic nitrogens is 3. The van der Waals surface area contributed by atoms with E-state index in [4.69, 9.17) is 9.47 Å². The van der Waals surface area contributed by atoms with Gasteiger partial charge in [0.1, 0.15) is 24.7 Å². The third-order valence-corrected chi connectivity index (χ3v) is 4.94. The standard InChI is InChI=1S/C19H24N4O5/c1-12(24)27-10-16-18(25)8-7-15(21-16)14-9-20-23(3)17(14)11-28-19(26)22(2)13-5-4-6-13/h7-9,13,25H,4-6,10-11H2,1-3H3. The molecule has 0 atom stereocenters. The molecule has 1 saturated carbocycles. The summed E-state index contributed by atoms with van der Waals surface area (Å²) in [5, 5.41) is 14.2. The second kappa shape index (κ2) is 8.28. The van der Waals surface area contributed by atoms with Crippen molar-refractivity contribution in [2.75, 3.05) is 7.05 Å². The summed E-state index contributed by atoms with van der Waals surface area (Å²) in [4.78, 5) is 29.3. The predicted molar refractivity (Wildman–Crippen MR) is 99.2 cm³/mol. The quantitative estimate of drug-likeness (QED) is 0.757. The SMILES string of the molecule is CC(=O)OCc1nc(-c2cnn(C)c2COC(=O)N(C)C2CCC2)ccc1O. The number of esters is 1. The second-order valence-corrected chi connectivity index (χ2v) is 6.82. The third kappa shape index (κ3) is 4.24. The molecule has 0 spiro atoms. The van der Waals surface area contributed by atoms with E-state index in [9.17, 15) is 14.7 Å². The van der Waals surface area contributed by atoms with Crippen LogP contribution in [0.4, 0.5) is 4.79 Å². The lowest BCUT2D eigenvalue weighted by Crippen LogP contribution is -2.41. The van der Waals surface area contributed by atoms with Crippen molar-refractivity contribution in [3.8, 4) is 17.0 Å². The lowest BCUT2D eigenvalue weighted by Gasteiger charge is -2.33. The van der Waals surface area contributed by atoms with Crippen molar-refractivity contribution in [2.45, 2.75) is 45.4 Å². The lowest BCUT2D eigenvalue weighted by molar-refractivity contribution is -0.142. The molecule has 150 valence electrons. The average Bonchev–Trinajstić information content (AvgIpc) is 2.98. The van der Waals surface area contributed by atoms with Crippen molar-refractivity contribution in [2.24, 2.45) is 7.05 Å². The minimum Gasteiger partial charge on any atom is -0.506 e. The smallest absolute Gasteiger partial charge is 0.410 e. The van der Waals surface area contributed by atoms with Gasteiger partial charge in [-0.2, -0.15) is 5.10 Å². The van der Waals surface area contributed by atoms with E-state index in [1.807, 2.05) is 0 Å². The molecule has 9 nitrogen and oxygen atoms in total. The van der Waals surface area contributed by atoms with Gasteiger partial charge in [-0.15, -0.1) is 0 Å². The molecule has 3 rings (SSSR count). The fourth-order valence-electron chi connectivity index (χ4n) is 2.92. The first-order valence-corrected chi connectivity index (χ1v) is 9.10. The number of hydrogen-bond acceptors (Lipinski definition) is 7. The van der Waals surface area contributed by atoms with Gasteiger partial charge in [0.15, 0.2) is 0 Å². The van der Waals surface area contributed by atoms with E-state index in [1.54, 1.807) is 35.9 Å². The maximum atomic E-state index is 12.3. The van der Waals surface area contributed by atoms with Crippen LogP contribution in [0.5, 0.6) is 5.75 Å². The van der Waals surface area contributed by atoms with Crippen LogP contribution in [0, 0.1) is 0 Å². The van der Waals surface area contributed by atoms with Crippen molar-refractivity contribution in [3.05, 3.63) is 29.7 Å². The van der Waals surface area contributed by atoms with Gasteiger partial charge in [0.25, 0.3) is 0 Å². The molecule has 0 bridgehead atoms. The lowest BCUT2D eigenvalue weighted by atomic mass is 9.92. The van der Waals surface area contributed by atoms with Crippen LogP contribution in [0.15, 0.2) is 18.3 Å². The van der Waals surface area contributed by atoms with Crippen molar-refractivity contribution in [3.63, 3.8) is 0 Å². The van der Waals surface area contributed by atoms with Gasteiger partial charge >= 0.3 is 12.1 Å². The monoisotopic (exact) mass is 388 g/mol. The van der Waals surface area contributed by atoms with E-state index < -0.39 is 5.97 Å². The van der Waals surface area contributed by atoms with Gasteiger partial charge < -0.3 is 19.5 Å². The molecule has 1 aliphatic rings. The average molecular weight is 388 g/mol. The zero-order chi connectivity index (χ0) is 20.3. The van der Waals surface area contributed by atoms with Gasteiger partial charge in [0.2, 0.25) is 0 Å². The first kappa shape index (κ1) is 19.7. The Morgan fingerprint density at radius 1 is 1.29 bits per heavy atom. The van der Waals surface area contributed by atoms with E-state index in [-0.39, 0.29) is 36.8 Å². The van der Waals surface area contributed by atoms with Gasteiger partial charge in [0.05, 0.1) is 17.6 Å². The Morgan fingerprint density at radius 3 is 2.68 bits per heavy atom. The van der Waals surface area contributed by atoms with E-state index >= 15 is 0 Å². The van der Waals surface area contributed by atoms with Crippen LogP contribution in [0.1, 0.15) is 37.6 Å². The van der Waals surface area contributed by atoms with Crippen molar-refractivity contribution in [1.29, 1.82) is 0 Å². The molecule has 1 fully saturated rings. The molecule has 28 heavy (non-hydrogen) atoms. The van der Waals surface area contributed by atoms with Crippen LogP contribution < -0.4 is 0 Å². The molecule has 2 heterocycles. The fourth-order valence-corrected chi connectivity index (χ4v) is 2.92. The number of aryl methyl sites for hydroxylation is 1. The summed E-state index contributed by atoms with van der Waals surface area (Å²) < 4.78 is 12.0. The van der Waals surface area contributed by atoms with Crippen LogP contribution in [0.2, 0.25) is 0 Å². The first-order chi connectivity index (χ1) is 13.4. The second-order valence-electron chi connectivity index (χ2n) is 6.82. The highest BCUT2D eigenvalue weighted by atomic mass is 16.6. The molecule has 0 aliphatic heterocycles. The molecular weight excluding hydrogens is 364 g/mol. The molecule has 0 aromatic carbocycles. The Bertz CT molecular complexity index is 875. The van der Waals surface area contributed by atoms with E-state index in [2.05, 4.69) is 10.1 Å². The predicted octanol–water partition coefficient (Wildman–Crippen LogP) is 2.37. The molecular formula is C19H24N4O5. The molecule has 0 unspecified atom stereocenters. The minimum absolute atomic E-state index is 0.0452. The van der Waals surface area contributed by atoms with Crippen molar-refractivity contribution < 1.29 is 24.2 Å². The highest BCUT2D eigenvalue weighted by Gasteiger charge is 2.27. The number of amides is 1. The van der Waals surface area contributed by atoms with Crippen molar-refractivity contribution >= 4 is 12.1 Å². The van der Waals surface area contributed by atoms with Gasteiger partial charge in [-0.3, -0.25) is 9.48 Å². The van der Waals surface area contributed by atoms with E-state index in [1.165, 1.54) is 13.0 Å². The van der Waals surface area contributed by atoms with Gasteiger partial charge in [0, 0.05) is 32.6 Å². The number of aromatic hydroxyl groups is 1. The molecule has 0 saturated heterocycles. The molecule has 0 radical (unpaired) electrons. The molecule has 2 aromatic heterocycles. The number of carbonyl (C=O) groups excluding carboxylic acids is 2. The third-order valence-electron chi connectivity index (χ3n) is 4.94. The Balaban J connectivity index is 1.76. The highest BCUT2D eigenvalue weighted by molar-refractivity contribution is 5.68. The zero-order valence-electron chi connectivity index (χ0n) is 16.2. The largest absolute Gasteiger partial charge is 0.506 e. The maximum Gasteiger partial charge on any atom is 0.410 e. The summed E-state index contributed by atoms with van der Waals surface area (Å²) in [7, 11) is 3.50. The summed E-state index contributed by atoms with van der Waals surface area (Å²) in [6.45, 7) is 1.20. The topological polar surface area (TPSA) is 107 Å². The zero-order valence-corrected chi connectivity index (χ0v) is 16.2. The maximum absolute atomic E-state index is 12.3. The normalized spacial score (nSPS) is 13.7. The van der Waals surface area contributed by atoms with Gasteiger partial charge in [-0.25, -0.2) is 9.78 Å². The first-order valence-electron chi connectivity index (χ1n) is 9.10. The fraction of sp³-hybridized carbons (Fsp3) is 0.474. The Kier molecular flexibility index (Phi) is 5.81. The number of carbonyl (C=O) groups is 2. The Labute approximate surface area is 162 Å². The Hall–Kier alpha value is -3.10. The number of hydrogen-bond donors (Lipinski definition) is 1. The van der Waals surface area contributed by atoms with E-state index in [0.29, 0.717) is 17.0 Å². The van der Waals surface area contributed by atoms with Gasteiger partial charge in [-0.05, 0) is 31.4 Å². The Morgan fingerprint density at radius 2 is 2.04 bits per heavy atom. The molecule has 9 heteroatoms. The summed E-state index contributed by atoms with van der Waals surface area (Å²) in [5.74, 6) is -0.528. The molecule has 1 N–H and O–H groups in total. The highest BCUT2D eigenvalue weighted by Crippen LogP contribution is 2.27.